The highest BCUT2D eigenvalue weighted by atomic mass is 14.3. The summed E-state index contributed by atoms with van der Waals surface area (Å²) in [6.07, 6.45) is 7.35. The van der Waals surface area contributed by atoms with Crippen LogP contribution in [0.1, 0.15) is 59.8 Å². The number of hydrogen-bond donors (Lipinski definition) is 0. The van der Waals surface area contributed by atoms with Crippen LogP contribution in [-0.2, 0) is 0 Å². The molecular weight excluding hydrogens is 144 g/mol. The molecule has 0 atom stereocenters. The van der Waals surface area contributed by atoms with E-state index in [-0.39, 0.29) is 0 Å². The molecule has 0 bridgehead atoms. The van der Waals surface area contributed by atoms with Crippen molar-refractivity contribution in [3.63, 3.8) is 0 Å². The van der Waals surface area contributed by atoms with Crippen molar-refractivity contribution in [3.8, 4) is 0 Å². The summed E-state index contributed by atoms with van der Waals surface area (Å²) in [5.41, 5.74) is 0.547. The van der Waals surface area contributed by atoms with Gasteiger partial charge in [0.05, 0.1) is 0 Å². The zero-order chi connectivity index (χ0) is 9.19. The standard InChI is InChI=1S/C12H24/c1-10-5-7-11(8-6-10)9-12(2,3)4/h10-11H,5-9H2,1-4H3. The van der Waals surface area contributed by atoms with Gasteiger partial charge in [0.1, 0.15) is 0 Å². The molecule has 0 heterocycles. The van der Waals surface area contributed by atoms with Gasteiger partial charge in [0.2, 0.25) is 0 Å². The molecule has 1 aliphatic rings. The minimum absolute atomic E-state index is 0.547. The van der Waals surface area contributed by atoms with Gasteiger partial charge in [-0.25, -0.2) is 0 Å². The van der Waals surface area contributed by atoms with E-state index in [1.165, 1.54) is 32.1 Å². The maximum atomic E-state index is 2.40. The lowest BCUT2D eigenvalue weighted by Crippen LogP contribution is -2.18. The molecule has 1 fully saturated rings. The fourth-order valence-corrected chi connectivity index (χ4v) is 2.40. The third-order valence-corrected chi connectivity index (χ3v) is 3.04. The van der Waals surface area contributed by atoms with E-state index in [0.29, 0.717) is 5.41 Å². The predicted molar refractivity (Wildman–Crippen MR) is 55.2 cm³/mol. The lowest BCUT2D eigenvalue weighted by atomic mass is 9.75. The minimum atomic E-state index is 0.547. The maximum absolute atomic E-state index is 2.40. The van der Waals surface area contributed by atoms with E-state index in [1.807, 2.05) is 0 Å². The van der Waals surface area contributed by atoms with Gasteiger partial charge < -0.3 is 0 Å². The van der Waals surface area contributed by atoms with Gasteiger partial charge in [0, 0.05) is 0 Å². The zero-order valence-electron chi connectivity index (χ0n) is 9.19. The highest BCUT2D eigenvalue weighted by molar-refractivity contribution is 4.74. The second-order valence-electron chi connectivity index (χ2n) is 5.89. The first-order valence-corrected chi connectivity index (χ1v) is 5.47. The van der Waals surface area contributed by atoms with E-state index in [0.717, 1.165) is 11.8 Å². The fourth-order valence-electron chi connectivity index (χ4n) is 2.40. The fraction of sp³-hybridized carbons (Fsp3) is 1.00. The Hall–Kier alpha value is 0. The van der Waals surface area contributed by atoms with E-state index in [1.54, 1.807) is 0 Å². The Labute approximate surface area is 77.7 Å². The molecule has 0 aromatic heterocycles. The largest absolute Gasteiger partial charge is 0.0625 e. The van der Waals surface area contributed by atoms with Crippen LogP contribution in [0.3, 0.4) is 0 Å². The Morgan fingerprint density at radius 2 is 1.50 bits per heavy atom. The van der Waals surface area contributed by atoms with Crippen LogP contribution in [0.2, 0.25) is 0 Å². The summed E-state index contributed by atoms with van der Waals surface area (Å²) in [6, 6.07) is 0. The number of hydrogen-bond acceptors (Lipinski definition) is 0. The van der Waals surface area contributed by atoms with Crippen molar-refractivity contribution in [3.05, 3.63) is 0 Å². The van der Waals surface area contributed by atoms with Gasteiger partial charge in [-0.05, 0) is 23.7 Å². The first-order chi connectivity index (χ1) is 5.47. The summed E-state index contributed by atoms with van der Waals surface area (Å²) in [5, 5.41) is 0. The summed E-state index contributed by atoms with van der Waals surface area (Å²) >= 11 is 0. The minimum Gasteiger partial charge on any atom is -0.0625 e. The molecule has 1 rings (SSSR count). The van der Waals surface area contributed by atoms with Crippen molar-refractivity contribution in [2.24, 2.45) is 17.3 Å². The molecule has 0 aromatic carbocycles. The van der Waals surface area contributed by atoms with Crippen LogP contribution in [0.4, 0.5) is 0 Å². The lowest BCUT2D eigenvalue weighted by molar-refractivity contribution is 0.212. The molecule has 0 aromatic rings. The smallest absolute Gasteiger partial charge is 0.0380 e. The summed E-state index contributed by atoms with van der Waals surface area (Å²) in [6.45, 7) is 9.49. The molecule has 1 saturated carbocycles. The van der Waals surface area contributed by atoms with E-state index in [2.05, 4.69) is 27.7 Å². The topological polar surface area (TPSA) is 0 Å². The van der Waals surface area contributed by atoms with E-state index in [9.17, 15) is 0 Å². The van der Waals surface area contributed by atoms with Crippen LogP contribution in [0.15, 0.2) is 0 Å². The zero-order valence-corrected chi connectivity index (χ0v) is 9.19. The lowest BCUT2D eigenvalue weighted by Gasteiger charge is -2.31. The van der Waals surface area contributed by atoms with Crippen molar-refractivity contribution < 1.29 is 0 Å². The second kappa shape index (κ2) is 3.81. The Bertz CT molecular complexity index is 121. The normalized spacial score (nSPS) is 32.0. The van der Waals surface area contributed by atoms with Crippen LogP contribution >= 0.6 is 0 Å². The maximum Gasteiger partial charge on any atom is -0.0380 e. The molecule has 0 amide bonds. The molecule has 0 radical (unpaired) electrons. The van der Waals surface area contributed by atoms with Crippen molar-refractivity contribution in [1.82, 2.24) is 0 Å². The number of rotatable bonds is 1. The highest BCUT2D eigenvalue weighted by Gasteiger charge is 2.22. The van der Waals surface area contributed by atoms with Crippen LogP contribution in [0.25, 0.3) is 0 Å². The second-order valence-corrected chi connectivity index (χ2v) is 5.89. The van der Waals surface area contributed by atoms with E-state index in [4.69, 9.17) is 0 Å². The van der Waals surface area contributed by atoms with Crippen molar-refractivity contribution in [1.29, 1.82) is 0 Å². The summed E-state index contributed by atoms with van der Waals surface area (Å²) in [5.74, 6) is 2.03. The van der Waals surface area contributed by atoms with Gasteiger partial charge in [-0.1, -0.05) is 53.4 Å². The third kappa shape index (κ3) is 3.60. The third-order valence-electron chi connectivity index (χ3n) is 3.04. The first-order valence-electron chi connectivity index (χ1n) is 5.47. The van der Waals surface area contributed by atoms with Crippen molar-refractivity contribution in [2.75, 3.05) is 0 Å². The van der Waals surface area contributed by atoms with E-state index < -0.39 is 0 Å². The van der Waals surface area contributed by atoms with Crippen LogP contribution < -0.4 is 0 Å². The molecule has 1 aliphatic carbocycles. The first kappa shape index (κ1) is 10.1. The quantitative estimate of drug-likeness (QED) is 0.549. The van der Waals surface area contributed by atoms with Crippen LogP contribution in [-0.4, -0.2) is 0 Å². The van der Waals surface area contributed by atoms with Crippen molar-refractivity contribution >= 4 is 0 Å². The molecule has 0 nitrogen and oxygen atoms in total. The summed E-state index contributed by atoms with van der Waals surface area (Å²) < 4.78 is 0. The molecule has 0 saturated heterocycles. The van der Waals surface area contributed by atoms with Crippen molar-refractivity contribution in [2.45, 2.75) is 59.8 Å². The van der Waals surface area contributed by atoms with Crippen LogP contribution in [0, 0.1) is 17.3 Å². The molecule has 0 unspecified atom stereocenters. The Balaban J connectivity index is 2.26. The Morgan fingerprint density at radius 1 is 1.00 bits per heavy atom. The molecule has 0 spiro atoms. The van der Waals surface area contributed by atoms with Gasteiger partial charge >= 0.3 is 0 Å². The molecular formula is C12H24. The molecule has 0 aliphatic heterocycles. The molecule has 72 valence electrons. The molecule has 0 N–H and O–H groups in total. The van der Waals surface area contributed by atoms with Crippen LogP contribution in [0.5, 0.6) is 0 Å². The highest BCUT2D eigenvalue weighted by Crippen LogP contribution is 2.35. The average molecular weight is 168 g/mol. The van der Waals surface area contributed by atoms with Gasteiger partial charge in [0.15, 0.2) is 0 Å². The van der Waals surface area contributed by atoms with Gasteiger partial charge in [0.25, 0.3) is 0 Å². The Morgan fingerprint density at radius 3 is 1.92 bits per heavy atom. The molecule has 12 heavy (non-hydrogen) atoms. The summed E-state index contributed by atoms with van der Waals surface area (Å²) in [7, 11) is 0. The van der Waals surface area contributed by atoms with E-state index >= 15 is 0 Å². The SMILES string of the molecule is CC1CCC(CC(C)(C)C)CC1. The molecule has 0 heteroatoms. The van der Waals surface area contributed by atoms with Gasteiger partial charge in [-0.15, -0.1) is 0 Å². The Kier molecular flexibility index (Phi) is 3.20. The predicted octanol–water partition coefficient (Wildman–Crippen LogP) is 4.25. The monoisotopic (exact) mass is 168 g/mol. The summed E-state index contributed by atoms with van der Waals surface area (Å²) in [4.78, 5) is 0. The van der Waals surface area contributed by atoms with Gasteiger partial charge in [-0.3, -0.25) is 0 Å². The average Bonchev–Trinajstić information content (AvgIpc) is 1.91. The van der Waals surface area contributed by atoms with Gasteiger partial charge in [-0.2, -0.15) is 0 Å².